The standard InChI is InChI=1S/C19H14F2N6O3/c20-17(21)15-6-12-9-26(10-13(12)8-23-15)19(28)25-18-16(27(29)30)4-3-14(24-18)11-2-1-5-22-7-11/h1-8,17H,9-10H2,(H,24,25,28). The number of nitro groups is 1. The molecule has 3 aromatic rings. The number of amides is 2. The van der Waals surface area contributed by atoms with Gasteiger partial charge in [0.25, 0.3) is 6.43 Å². The van der Waals surface area contributed by atoms with Crippen molar-refractivity contribution < 1.29 is 18.5 Å². The third-order valence-electron chi connectivity index (χ3n) is 4.59. The van der Waals surface area contributed by atoms with Crippen LogP contribution in [0.3, 0.4) is 0 Å². The van der Waals surface area contributed by atoms with E-state index < -0.39 is 17.4 Å². The number of rotatable bonds is 4. The third kappa shape index (κ3) is 3.77. The highest BCUT2D eigenvalue weighted by atomic mass is 19.3. The second kappa shape index (κ2) is 7.78. The molecular weight excluding hydrogens is 398 g/mol. The van der Waals surface area contributed by atoms with E-state index in [1.54, 1.807) is 24.5 Å². The van der Waals surface area contributed by atoms with Crippen LogP contribution in [-0.2, 0) is 13.1 Å². The predicted molar refractivity (Wildman–Crippen MR) is 102 cm³/mol. The van der Waals surface area contributed by atoms with Gasteiger partial charge in [-0.1, -0.05) is 0 Å². The number of aromatic nitrogens is 3. The molecule has 2 amide bonds. The molecule has 1 N–H and O–H groups in total. The van der Waals surface area contributed by atoms with Crippen molar-refractivity contribution in [2.75, 3.05) is 5.32 Å². The molecule has 4 rings (SSSR count). The highest BCUT2D eigenvalue weighted by Gasteiger charge is 2.27. The zero-order chi connectivity index (χ0) is 21.3. The summed E-state index contributed by atoms with van der Waals surface area (Å²) < 4.78 is 25.7. The molecular formula is C19H14F2N6O3. The van der Waals surface area contributed by atoms with E-state index in [9.17, 15) is 23.7 Å². The number of nitrogens with one attached hydrogen (secondary N) is 1. The van der Waals surface area contributed by atoms with Crippen molar-refractivity contribution in [3.63, 3.8) is 0 Å². The minimum atomic E-state index is -2.71. The first-order valence-electron chi connectivity index (χ1n) is 8.80. The molecule has 0 aromatic carbocycles. The van der Waals surface area contributed by atoms with E-state index in [-0.39, 0.29) is 30.3 Å². The normalized spacial score (nSPS) is 12.7. The number of hydrogen-bond donors (Lipinski definition) is 1. The summed E-state index contributed by atoms with van der Waals surface area (Å²) in [5.41, 5.74) is 1.50. The molecule has 11 heteroatoms. The van der Waals surface area contributed by atoms with Crippen molar-refractivity contribution in [3.8, 4) is 11.3 Å². The average molecular weight is 412 g/mol. The first-order chi connectivity index (χ1) is 14.4. The Bertz CT molecular complexity index is 1130. The summed E-state index contributed by atoms with van der Waals surface area (Å²) in [4.78, 5) is 36.6. The maximum absolute atomic E-state index is 12.8. The number of nitrogens with zero attached hydrogens (tertiary/aromatic N) is 5. The Balaban J connectivity index is 1.57. The molecule has 9 nitrogen and oxygen atoms in total. The Hall–Kier alpha value is -4.02. The molecule has 0 unspecified atom stereocenters. The largest absolute Gasteiger partial charge is 0.323 e. The molecule has 0 spiro atoms. The van der Waals surface area contributed by atoms with Gasteiger partial charge in [0.2, 0.25) is 5.82 Å². The van der Waals surface area contributed by atoms with Crippen LogP contribution < -0.4 is 5.32 Å². The fraction of sp³-hybridized carbons (Fsp3) is 0.158. The summed E-state index contributed by atoms with van der Waals surface area (Å²) in [7, 11) is 0. The number of urea groups is 1. The Kier molecular flexibility index (Phi) is 5.00. The van der Waals surface area contributed by atoms with E-state index >= 15 is 0 Å². The van der Waals surface area contributed by atoms with Crippen molar-refractivity contribution in [1.82, 2.24) is 19.9 Å². The van der Waals surface area contributed by atoms with Crippen LogP contribution in [0.15, 0.2) is 48.9 Å². The average Bonchev–Trinajstić information content (AvgIpc) is 3.17. The molecule has 152 valence electrons. The fourth-order valence-corrected chi connectivity index (χ4v) is 3.11. The van der Waals surface area contributed by atoms with Crippen LogP contribution >= 0.6 is 0 Å². The minimum Gasteiger partial charge on any atom is -0.316 e. The summed E-state index contributed by atoms with van der Waals surface area (Å²) >= 11 is 0. The van der Waals surface area contributed by atoms with Gasteiger partial charge < -0.3 is 4.90 Å². The lowest BCUT2D eigenvalue weighted by Gasteiger charge is -2.16. The fourth-order valence-electron chi connectivity index (χ4n) is 3.11. The van der Waals surface area contributed by atoms with Crippen molar-refractivity contribution in [2.24, 2.45) is 0 Å². The highest BCUT2D eigenvalue weighted by Crippen LogP contribution is 2.29. The lowest BCUT2D eigenvalue weighted by atomic mass is 10.1. The van der Waals surface area contributed by atoms with Gasteiger partial charge in [-0.25, -0.2) is 18.6 Å². The van der Waals surface area contributed by atoms with E-state index in [1.165, 1.54) is 29.3 Å². The number of hydrogen-bond acceptors (Lipinski definition) is 6. The van der Waals surface area contributed by atoms with Crippen LogP contribution in [0.2, 0.25) is 0 Å². The van der Waals surface area contributed by atoms with Crippen LogP contribution in [-0.4, -0.2) is 30.8 Å². The molecule has 0 atom stereocenters. The predicted octanol–water partition coefficient (Wildman–Crippen LogP) is 3.93. The topological polar surface area (TPSA) is 114 Å². The lowest BCUT2D eigenvalue weighted by Crippen LogP contribution is -2.30. The van der Waals surface area contributed by atoms with E-state index in [0.717, 1.165) is 0 Å². The van der Waals surface area contributed by atoms with Crippen LogP contribution in [0, 0.1) is 10.1 Å². The van der Waals surface area contributed by atoms with E-state index in [0.29, 0.717) is 22.4 Å². The summed E-state index contributed by atoms with van der Waals surface area (Å²) in [6.45, 7) is 0.229. The SMILES string of the molecule is O=C(Nc1nc(-c2cccnc2)ccc1[N+](=O)[O-])N1Cc2cnc(C(F)F)cc2C1. The monoisotopic (exact) mass is 412 g/mol. The molecule has 4 heterocycles. The molecule has 0 saturated carbocycles. The number of carbonyl (C=O) groups excluding carboxylic acids is 1. The van der Waals surface area contributed by atoms with Crippen LogP contribution in [0.4, 0.5) is 25.1 Å². The van der Waals surface area contributed by atoms with E-state index in [2.05, 4.69) is 20.3 Å². The number of halogens is 2. The minimum absolute atomic E-state index is 0.0828. The molecule has 30 heavy (non-hydrogen) atoms. The van der Waals surface area contributed by atoms with Crippen LogP contribution in [0.25, 0.3) is 11.3 Å². The molecule has 1 aliphatic heterocycles. The van der Waals surface area contributed by atoms with Crippen molar-refractivity contribution in [3.05, 3.63) is 75.9 Å². The van der Waals surface area contributed by atoms with Crippen LogP contribution in [0.1, 0.15) is 23.2 Å². The number of anilines is 1. The van der Waals surface area contributed by atoms with Gasteiger partial charge in [0.05, 0.1) is 10.6 Å². The maximum Gasteiger partial charge on any atom is 0.323 e. The molecule has 0 fully saturated rings. The number of pyridine rings is 3. The zero-order valence-electron chi connectivity index (χ0n) is 15.3. The Morgan fingerprint density at radius 3 is 2.70 bits per heavy atom. The van der Waals surface area contributed by atoms with Crippen molar-refractivity contribution in [1.29, 1.82) is 0 Å². The summed E-state index contributed by atoms with van der Waals surface area (Å²) in [6, 6.07) is 6.77. The Morgan fingerprint density at radius 1 is 1.20 bits per heavy atom. The molecule has 0 radical (unpaired) electrons. The van der Waals surface area contributed by atoms with E-state index in [1.807, 2.05) is 0 Å². The van der Waals surface area contributed by atoms with Gasteiger partial charge in [-0.05, 0) is 35.4 Å². The van der Waals surface area contributed by atoms with Gasteiger partial charge in [0.1, 0.15) is 5.69 Å². The van der Waals surface area contributed by atoms with Gasteiger partial charge in [-0.15, -0.1) is 0 Å². The molecule has 0 bridgehead atoms. The second-order valence-electron chi connectivity index (χ2n) is 6.53. The first-order valence-corrected chi connectivity index (χ1v) is 8.80. The van der Waals surface area contributed by atoms with Gasteiger partial charge in [0.15, 0.2) is 0 Å². The van der Waals surface area contributed by atoms with Crippen molar-refractivity contribution in [2.45, 2.75) is 19.5 Å². The molecule has 0 saturated heterocycles. The quantitative estimate of drug-likeness (QED) is 0.513. The van der Waals surface area contributed by atoms with Gasteiger partial charge in [-0.3, -0.25) is 25.4 Å². The van der Waals surface area contributed by atoms with E-state index in [4.69, 9.17) is 0 Å². The summed E-state index contributed by atoms with van der Waals surface area (Å²) in [5, 5.41) is 13.8. The number of carbonyl (C=O) groups is 1. The number of fused-ring (bicyclic) bond motifs is 1. The smallest absolute Gasteiger partial charge is 0.316 e. The Morgan fingerprint density at radius 2 is 2.00 bits per heavy atom. The van der Waals surface area contributed by atoms with Gasteiger partial charge >= 0.3 is 11.7 Å². The molecule has 1 aliphatic rings. The summed E-state index contributed by atoms with van der Waals surface area (Å²) in [6.07, 6.45) is 1.73. The second-order valence-corrected chi connectivity index (χ2v) is 6.53. The third-order valence-corrected chi connectivity index (χ3v) is 4.59. The molecule has 3 aromatic heterocycles. The number of alkyl halides is 2. The maximum atomic E-state index is 12.8. The first kappa shape index (κ1) is 19.3. The zero-order valence-corrected chi connectivity index (χ0v) is 15.3. The lowest BCUT2D eigenvalue weighted by molar-refractivity contribution is -0.384. The van der Waals surface area contributed by atoms with Crippen LogP contribution in [0.5, 0.6) is 0 Å². The van der Waals surface area contributed by atoms with Gasteiger partial charge in [0, 0.05) is 43.3 Å². The molecule has 0 aliphatic carbocycles. The summed E-state index contributed by atoms with van der Waals surface area (Å²) in [5.74, 6) is -0.214. The van der Waals surface area contributed by atoms with Crippen molar-refractivity contribution >= 4 is 17.5 Å². The Labute approximate surface area is 168 Å². The highest BCUT2D eigenvalue weighted by molar-refractivity contribution is 5.91. The van der Waals surface area contributed by atoms with Gasteiger partial charge in [-0.2, -0.15) is 0 Å².